The maximum Gasteiger partial charge on any atom is 0.200 e. The van der Waals surface area contributed by atoms with Gasteiger partial charge in [0.15, 0.2) is 5.72 Å². The molecule has 0 bridgehead atoms. The van der Waals surface area contributed by atoms with E-state index in [9.17, 15) is 0 Å². The van der Waals surface area contributed by atoms with Gasteiger partial charge in [-0.1, -0.05) is 6.07 Å². The van der Waals surface area contributed by atoms with Gasteiger partial charge in [-0.15, -0.1) is 11.8 Å². The molecule has 2 aliphatic heterocycles. The normalized spacial score (nSPS) is 27.4. The molecule has 1 unspecified atom stereocenters. The van der Waals surface area contributed by atoms with Crippen LogP contribution < -0.4 is 10.1 Å². The highest BCUT2D eigenvalue weighted by Crippen LogP contribution is 2.42. The van der Waals surface area contributed by atoms with Crippen LogP contribution in [-0.4, -0.2) is 30.0 Å². The first-order chi connectivity index (χ1) is 8.97. The van der Waals surface area contributed by atoms with Gasteiger partial charge in [0.05, 0.1) is 10.7 Å². The monoisotopic (exact) mass is 276 g/mol. The standard InChI is InChI=1S/C15H20N2OS/c1-10-7-11(2)14-12(8-10)16-15(3,18-14)9-13-17(4)5-6-19-13/h7-9,16H,5-6H2,1-4H3. The molecule has 0 saturated carbocycles. The number of rotatable bonds is 1. The van der Waals surface area contributed by atoms with Crippen molar-refractivity contribution in [1.29, 1.82) is 0 Å². The molecule has 1 N–H and O–H groups in total. The Morgan fingerprint density at radius 2 is 2.21 bits per heavy atom. The highest BCUT2D eigenvalue weighted by molar-refractivity contribution is 8.03. The molecule has 1 aromatic carbocycles. The van der Waals surface area contributed by atoms with Crippen molar-refractivity contribution in [3.63, 3.8) is 0 Å². The van der Waals surface area contributed by atoms with Gasteiger partial charge < -0.3 is 15.0 Å². The number of hydrogen-bond acceptors (Lipinski definition) is 4. The molecule has 1 fully saturated rings. The van der Waals surface area contributed by atoms with Crippen LogP contribution >= 0.6 is 11.8 Å². The largest absolute Gasteiger partial charge is 0.462 e. The number of hydrogen-bond donors (Lipinski definition) is 1. The van der Waals surface area contributed by atoms with Crippen molar-refractivity contribution >= 4 is 17.4 Å². The van der Waals surface area contributed by atoms with Gasteiger partial charge in [-0.25, -0.2) is 0 Å². The van der Waals surface area contributed by atoms with Crippen LogP contribution in [0.5, 0.6) is 5.75 Å². The van der Waals surface area contributed by atoms with E-state index in [-0.39, 0.29) is 0 Å². The Kier molecular flexibility index (Phi) is 2.93. The Labute approximate surface area is 119 Å². The van der Waals surface area contributed by atoms with Gasteiger partial charge in [-0.05, 0) is 38.0 Å². The molecule has 102 valence electrons. The minimum Gasteiger partial charge on any atom is -0.462 e. The molecule has 0 spiro atoms. The van der Waals surface area contributed by atoms with Crippen LogP contribution in [0.15, 0.2) is 23.2 Å². The molecule has 0 aromatic heterocycles. The first-order valence-electron chi connectivity index (χ1n) is 6.62. The van der Waals surface area contributed by atoms with Gasteiger partial charge in [-0.3, -0.25) is 0 Å². The van der Waals surface area contributed by atoms with Crippen LogP contribution in [0.25, 0.3) is 0 Å². The van der Waals surface area contributed by atoms with Gasteiger partial charge in [0.2, 0.25) is 0 Å². The van der Waals surface area contributed by atoms with Crippen LogP contribution in [0.2, 0.25) is 0 Å². The fraction of sp³-hybridized carbons (Fsp3) is 0.467. The molecular formula is C15H20N2OS. The van der Waals surface area contributed by atoms with Crippen molar-refractivity contribution in [2.24, 2.45) is 0 Å². The molecule has 3 rings (SSSR count). The zero-order valence-electron chi connectivity index (χ0n) is 11.9. The number of aryl methyl sites for hydroxylation is 2. The number of anilines is 1. The number of fused-ring (bicyclic) bond motifs is 1. The molecule has 1 atom stereocenters. The SMILES string of the molecule is Cc1cc(C)c2c(c1)NC(C)(C=C1SCCN1C)O2. The van der Waals surface area contributed by atoms with Gasteiger partial charge in [-0.2, -0.15) is 0 Å². The zero-order valence-corrected chi connectivity index (χ0v) is 12.7. The third-order valence-electron chi connectivity index (χ3n) is 3.57. The molecule has 1 aromatic rings. The van der Waals surface area contributed by atoms with Crippen molar-refractivity contribution in [2.45, 2.75) is 26.5 Å². The van der Waals surface area contributed by atoms with Crippen LogP contribution in [-0.2, 0) is 0 Å². The quantitative estimate of drug-likeness (QED) is 0.850. The van der Waals surface area contributed by atoms with Gasteiger partial charge in [0, 0.05) is 25.4 Å². The summed E-state index contributed by atoms with van der Waals surface area (Å²) in [6, 6.07) is 4.31. The van der Waals surface area contributed by atoms with Crippen molar-refractivity contribution < 1.29 is 4.74 Å². The predicted octanol–water partition coefficient (Wildman–Crippen LogP) is 3.34. The zero-order chi connectivity index (χ0) is 13.6. The highest BCUT2D eigenvalue weighted by atomic mass is 32.2. The average Bonchev–Trinajstić information content (AvgIpc) is 2.83. The first kappa shape index (κ1) is 12.7. The van der Waals surface area contributed by atoms with Crippen LogP contribution in [0.1, 0.15) is 18.1 Å². The van der Waals surface area contributed by atoms with Crippen LogP contribution in [0.4, 0.5) is 5.69 Å². The summed E-state index contributed by atoms with van der Waals surface area (Å²) in [6.45, 7) is 7.41. The predicted molar refractivity (Wildman–Crippen MR) is 81.7 cm³/mol. The van der Waals surface area contributed by atoms with E-state index < -0.39 is 5.72 Å². The number of ether oxygens (including phenoxy) is 1. The molecule has 0 aliphatic carbocycles. The Morgan fingerprint density at radius 3 is 2.89 bits per heavy atom. The Morgan fingerprint density at radius 1 is 1.42 bits per heavy atom. The smallest absolute Gasteiger partial charge is 0.200 e. The summed E-state index contributed by atoms with van der Waals surface area (Å²) in [5.74, 6) is 2.14. The Bertz CT molecular complexity index is 555. The summed E-state index contributed by atoms with van der Waals surface area (Å²) < 4.78 is 6.16. The summed E-state index contributed by atoms with van der Waals surface area (Å²) in [7, 11) is 2.13. The third kappa shape index (κ3) is 2.29. The van der Waals surface area contributed by atoms with E-state index in [0.29, 0.717) is 0 Å². The van der Waals surface area contributed by atoms with E-state index >= 15 is 0 Å². The molecule has 0 amide bonds. The second-order valence-electron chi connectivity index (χ2n) is 5.55. The highest BCUT2D eigenvalue weighted by Gasteiger charge is 2.34. The van der Waals surface area contributed by atoms with Gasteiger partial charge in [0.25, 0.3) is 0 Å². The second-order valence-corrected chi connectivity index (χ2v) is 6.66. The summed E-state index contributed by atoms with van der Waals surface area (Å²) in [5.41, 5.74) is 3.11. The summed E-state index contributed by atoms with van der Waals surface area (Å²) in [6.07, 6.45) is 2.19. The van der Waals surface area contributed by atoms with E-state index in [1.165, 1.54) is 16.2 Å². The van der Waals surface area contributed by atoms with Crippen molar-refractivity contribution in [1.82, 2.24) is 4.90 Å². The Balaban J connectivity index is 1.92. The van der Waals surface area contributed by atoms with E-state index in [1.54, 1.807) is 0 Å². The molecule has 3 nitrogen and oxygen atoms in total. The number of benzene rings is 1. The number of nitrogens with zero attached hydrogens (tertiary/aromatic N) is 1. The fourth-order valence-corrected chi connectivity index (χ4v) is 3.84. The molecule has 0 radical (unpaired) electrons. The fourth-order valence-electron chi connectivity index (χ4n) is 2.65. The van der Waals surface area contributed by atoms with Crippen LogP contribution in [0, 0.1) is 13.8 Å². The summed E-state index contributed by atoms with van der Waals surface area (Å²) in [5, 5.41) is 4.79. The maximum atomic E-state index is 6.16. The number of thioether (sulfide) groups is 1. The molecule has 19 heavy (non-hydrogen) atoms. The first-order valence-corrected chi connectivity index (χ1v) is 7.61. The van der Waals surface area contributed by atoms with Crippen molar-refractivity contribution in [3.8, 4) is 5.75 Å². The molecule has 1 saturated heterocycles. The van der Waals surface area contributed by atoms with E-state index in [4.69, 9.17) is 4.74 Å². The van der Waals surface area contributed by atoms with Crippen LogP contribution in [0.3, 0.4) is 0 Å². The lowest BCUT2D eigenvalue weighted by molar-refractivity contribution is 0.190. The van der Waals surface area contributed by atoms with Crippen molar-refractivity contribution in [2.75, 3.05) is 24.7 Å². The van der Waals surface area contributed by atoms with Crippen molar-refractivity contribution in [3.05, 3.63) is 34.4 Å². The lowest BCUT2D eigenvalue weighted by Crippen LogP contribution is -2.35. The minimum atomic E-state index is -0.443. The second kappa shape index (κ2) is 4.37. The number of nitrogens with one attached hydrogen (secondary N) is 1. The Hall–Kier alpha value is -1.29. The van der Waals surface area contributed by atoms with Gasteiger partial charge in [0.1, 0.15) is 5.75 Å². The lowest BCUT2D eigenvalue weighted by Gasteiger charge is -2.23. The van der Waals surface area contributed by atoms with E-state index in [0.717, 1.165) is 23.7 Å². The van der Waals surface area contributed by atoms with E-state index in [2.05, 4.69) is 56.2 Å². The molecule has 4 heteroatoms. The summed E-state index contributed by atoms with van der Waals surface area (Å²) in [4.78, 5) is 2.28. The topological polar surface area (TPSA) is 24.5 Å². The van der Waals surface area contributed by atoms with E-state index in [1.807, 2.05) is 11.8 Å². The lowest BCUT2D eigenvalue weighted by atomic mass is 10.1. The maximum absolute atomic E-state index is 6.16. The average molecular weight is 276 g/mol. The van der Waals surface area contributed by atoms with Gasteiger partial charge >= 0.3 is 0 Å². The third-order valence-corrected chi connectivity index (χ3v) is 4.68. The molecule has 2 aliphatic rings. The molecule has 2 heterocycles. The summed E-state index contributed by atoms with van der Waals surface area (Å²) >= 11 is 1.89. The minimum absolute atomic E-state index is 0.443. The molecular weight excluding hydrogens is 256 g/mol.